The standard InChI is InChI=1S/C22H28N2O9S4/c1-10-18(4,5)14(28)19(32-10)7-13-20(33-12(3)27,15(19)31-11(2)26)8-21-16(29)23(6)22(9-25,17(30)24(13)21)35-37-36-34-21/h10,13,15,25H,7-9H2,1-6H3/t10?,13?,15-,19+,20+,21-,22-/m1/s1. The Morgan fingerprint density at radius 2 is 1.76 bits per heavy atom. The van der Waals surface area contributed by atoms with Gasteiger partial charge in [0.25, 0.3) is 11.8 Å². The summed E-state index contributed by atoms with van der Waals surface area (Å²) in [6.07, 6.45) is -2.31. The number of nitrogens with zero attached hydrogens (tertiary/aromatic N) is 2. The second-order valence-corrected chi connectivity index (χ2v) is 16.9. The molecule has 6 aliphatic rings. The highest BCUT2D eigenvalue weighted by atomic mass is 33.7. The van der Waals surface area contributed by atoms with Gasteiger partial charge in [-0.05, 0) is 48.2 Å². The van der Waals surface area contributed by atoms with E-state index < -0.39 is 75.0 Å². The molecule has 1 aliphatic carbocycles. The minimum Gasteiger partial charge on any atom is -0.455 e. The van der Waals surface area contributed by atoms with Gasteiger partial charge in [0.1, 0.15) is 0 Å². The van der Waals surface area contributed by atoms with Gasteiger partial charge in [0.15, 0.2) is 28.0 Å². The fourth-order valence-electron chi connectivity index (χ4n) is 6.50. The Labute approximate surface area is 229 Å². The number of hydrogen-bond acceptors (Lipinski definition) is 13. The van der Waals surface area contributed by atoms with Crippen LogP contribution in [0.5, 0.6) is 0 Å². The third-order valence-electron chi connectivity index (χ3n) is 8.45. The molecule has 5 aliphatic heterocycles. The zero-order chi connectivity index (χ0) is 27.3. The molecule has 6 rings (SSSR count). The summed E-state index contributed by atoms with van der Waals surface area (Å²) in [6, 6.07) is -1.03. The van der Waals surface area contributed by atoms with Gasteiger partial charge in [0, 0.05) is 33.7 Å². The number of ether oxygens (including phenoxy) is 3. The second-order valence-electron chi connectivity index (χ2n) is 10.7. The third-order valence-corrected chi connectivity index (χ3v) is 15.7. The van der Waals surface area contributed by atoms with Gasteiger partial charge in [-0.15, -0.1) is 0 Å². The number of amides is 2. The van der Waals surface area contributed by atoms with E-state index in [0.717, 1.165) is 21.6 Å². The largest absolute Gasteiger partial charge is 0.455 e. The van der Waals surface area contributed by atoms with E-state index in [1.807, 2.05) is 0 Å². The van der Waals surface area contributed by atoms with Crippen molar-refractivity contribution >= 4 is 70.8 Å². The maximum atomic E-state index is 14.3. The predicted octanol–water partition coefficient (Wildman–Crippen LogP) is 1.53. The quantitative estimate of drug-likeness (QED) is 0.375. The van der Waals surface area contributed by atoms with Gasteiger partial charge in [-0.2, -0.15) is 0 Å². The molecule has 1 saturated carbocycles. The molecule has 0 aromatic rings. The molecule has 15 heteroatoms. The first-order chi connectivity index (χ1) is 17.2. The maximum absolute atomic E-state index is 14.3. The van der Waals surface area contributed by atoms with Crippen molar-refractivity contribution in [1.29, 1.82) is 0 Å². The number of hydrogen-bond donors (Lipinski definition) is 1. The second kappa shape index (κ2) is 8.43. The molecule has 0 radical (unpaired) electrons. The normalized spacial score (nSPS) is 44.1. The van der Waals surface area contributed by atoms with Gasteiger partial charge in [-0.25, -0.2) is 0 Å². The Morgan fingerprint density at radius 1 is 1.11 bits per heavy atom. The molecule has 2 amide bonds. The van der Waals surface area contributed by atoms with Crippen LogP contribution in [0.4, 0.5) is 0 Å². The number of rotatable bonds is 3. The van der Waals surface area contributed by atoms with Crippen LogP contribution in [-0.2, 0) is 38.2 Å². The molecule has 6 fully saturated rings. The molecule has 5 heterocycles. The molecule has 0 aromatic carbocycles. The molecule has 11 nitrogen and oxygen atoms in total. The van der Waals surface area contributed by atoms with Crippen molar-refractivity contribution in [1.82, 2.24) is 9.80 Å². The number of aliphatic hydroxyl groups is 1. The SMILES string of the molecule is CC(=O)O[C@@H]1[C@@]2(CC3N4C(=O)[C@@]5(CO)SSSS[C@]4(C[C@]31OC(C)=O)C(=O)N5C)OC(C)C(C)(C)C2=O. The molecule has 5 saturated heterocycles. The molecule has 2 bridgehead atoms. The molecule has 7 atom stereocenters. The summed E-state index contributed by atoms with van der Waals surface area (Å²) >= 11 is 0. The fraction of sp³-hybridized carbons (Fsp3) is 0.773. The van der Waals surface area contributed by atoms with E-state index in [1.54, 1.807) is 20.8 Å². The highest BCUT2D eigenvalue weighted by molar-refractivity contribution is 9.26. The number of likely N-dealkylation sites (N-methyl/N-ethyl adjacent to an activating group) is 1. The van der Waals surface area contributed by atoms with Crippen LogP contribution in [0.1, 0.15) is 47.5 Å². The summed E-state index contributed by atoms with van der Waals surface area (Å²) in [6.45, 7) is 6.94. The summed E-state index contributed by atoms with van der Waals surface area (Å²) in [5, 5.41) is 10.4. The van der Waals surface area contributed by atoms with Crippen LogP contribution >= 0.6 is 41.2 Å². The number of ketones is 1. The van der Waals surface area contributed by atoms with Gasteiger partial charge in [-0.3, -0.25) is 24.0 Å². The molecular formula is C22H28N2O9S4. The summed E-state index contributed by atoms with van der Waals surface area (Å²) in [4.78, 5) is 66.8. The van der Waals surface area contributed by atoms with E-state index in [4.69, 9.17) is 14.2 Å². The Morgan fingerprint density at radius 3 is 2.30 bits per heavy atom. The lowest BCUT2D eigenvalue weighted by Gasteiger charge is -2.54. The van der Waals surface area contributed by atoms with Crippen molar-refractivity contribution in [2.75, 3.05) is 13.7 Å². The average Bonchev–Trinajstić information content (AvgIpc) is 3.27. The van der Waals surface area contributed by atoms with E-state index in [9.17, 15) is 29.1 Å². The van der Waals surface area contributed by atoms with Gasteiger partial charge in [0.05, 0.1) is 24.2 Å². The molecule has 1 N–H and O–H groups in total. The number of piperazine rings is 1. The van der Waals surface area contributed by atoms with E-state index in [2.05, 4.69) is 0 Å². The molecule has 2 unspecified atom stereocenters. The lowest BCUT2D eigenvalue weighted by Crippen LogP contribution is -2.74. The number of carbonyl (C=O) groups is 5. The third kappa shape index (κ3) is 3.24. The zero-order valence-electron chi connectivity index (χ0n) is 21.1. The number of Topliss-reactive ketones (excluding diaryl/α,β-unsaturated/α-hetero) is 1. The zero-order valence-corrected chi connectivity index (χ0v) is 24.4. The maximum Gasteiger partial charge on any atom is 0.303 e. The number of esters is 2. The summed E-state index contributed by atoms with van der Waals surface area (Å²) in [5.41, 5.74) is -4.39. The highest BCUT2D eigenvalue weighted by Crippen LogP contribution is 2.70. The summed E-state index contributed by atoms with van der Waals surface area (Å²) < 4.78 is 18.1. The molecule has 37 heavy (non-hydrogen) atoms. The van der Waals surface area contributed by atoms with Crippen molar-refractivity contribution < 1.29 is 43.3 Å². The van der Waals surface area contributed by atoms with Crippen LogP contribution in [0.25, 0.3) is 0 Å². The van der Waals surface area contributed by atoms with Crippen molar-refractivity contribution in [3.63, 3.8) is 0 Å². The monoisotopic (exact) mass is 592 g/mol. The van der Waals surface area contributed by atoms with Crippen LogP contribution in [0.15, 0.2) is 0 Å². The minimum atomic E-state index is -1.74. The summed E-state index contributed by atoms with van der Waals surface area (Å²) in [7, 11) is 6.21. The van der Waals surface area contributed by atoms with E-state index in [0.29, 0.717) is 0 Å². The van der Waals surface area contributed by atoms with Crippen molar-refractivity contribution in [3.05, 3.63) is 0 Å². The van der Waals surface area contributed by atoms with Gasteiger partial charge >= 0.3 is 11.9 Å². The fourth-order valence-corrected chi connectivity index (χ4v) is 14.2. The van der Waals surface area contributed by atoms with Crippen molar-refractivity contribution in [2.45, 2.75) is 86.7 Å². The first-order valence-electron chi connectivity index (χ1n) is 11.7. The first kappa shape index (κ1) is 27.4. The van der Waals surface area contributed by atoms with Crippen LogP contribution in [0.2, 0.25) is 0 Å². The van der Waals surface area contributed by atoms with Gasteiger partial charge < -0.3 is 29.1 Å². The van der Waals surface area contributed by atoms with Crippen molar-refractivity contribution in [2.24, 2.45) is 5.41 Å². The van der Waals surface area contributed by atoms with E-state index in [-0.39, 0.29) is 18.6 Å². The molecule has 204 valence electrons. The Bertz CT molecular complexity index is 1120. The minimum absolute atomic E-state index is 0.139. The van der Waals surface area contributed by atoms with E-state index in [1.165, 1.54) is 50.3 Å². The predicted molar refractivity (Wildman–Crippen MR) is 138 cm³/mol. The van der Waals surface area contributed by atoms with Gasteiger partial charge in [0.2, 0.25) is 4.87 Å². The lowest BCUT2D eigenvalue weighted by atomic mass is 9.76. The number of carbonyl (C=O) groups excluding carboxylic acids is 5. The van der Waals surface area contributed by atoms with Crippen molar-refractivity contribution in [3.8, 4) is 0 Å². The van der Waals surface area contributed by atoms with Crippen LogP contribution in [-0.4, -0.2) is 97.3 Å². The summed E-state index contributed by atoms with van der Waals surface area (Å²) in [5.74, 6) is -2.76. The van der Waals surface area contributed by atoms with E-state index >= 15 is 0 Å². The molecule has 0 aromatic heterocycles. The lowest BCUT2D eigenvalue weighted by molar-refractivity contribution is -0.202. The molecule has 2 spiro atoms. The number of aliphatic hydroxyl groups excluding tert-OH is 1. The number of fused-ring (bicyclic) bond motifs is 5. The van der Waals surface area contributed by atoms with Crippen LogP contribution < -0.4 is 0 Å². The van der Waals surface area contributed by atoms with Gasteiger partial charge in [-0.1, -0.05) is 13.8 Å². The van der Waals surface area contributed by atoms with Crippen LogP contribution in [0.3, 0.4) is 0 Å². The Kier molecular flexibility index (Phi) is 6.25. The smallest absolute Gasteiger partial charge is 0.303 e. The van der Waals surface area contributed by atoms with Crippen LogP contribution in [0, 0.1) is 5.41 Å². The highest BCUT2D eigenvalue weighted by Gasteiger charge is 2.85. The Balaban J connectivity index is 1.76. The first-order valence-corrected chi connectivity index (χ1v) is 16.5. The average molecular weight is 593 g/mol. The topological polar surface area (TPSA) is 140 Å². The molecular weight excluding hydrogens is 565 g/mol. The Hall–Kier alpha value is -1.13.